The minimum atomic E-state index is -0.637. The van der Waals surface area contributed by atoms with Crippen LogP contribution in [0.5, 0.6) is 0 Å². The summed E-state index contributed by atoms with van der Waals surface area (Å²) in [5.41, 5.74) is 0.221. The van der Waals surface area contributed by atoms with Gasteiger partial charge in [0, 0.05) is 14.1 Å². The van der Waals surface area contributed by atoms with E-state index < -0.39 is 23.7 Å². The molecule has 1 atom stereocenters. The van der Waals surface area contributed by atoms with Crippen LogP contribution in [-0.2, 0) is 30.5 Å². The van der Waals surface area contributed by atoms with Crippen molar-refractivity contribution in [3.63, 3.8) is 0 Å². The van der Waals surface area contributed by atoms with Gasteiger partial charge in [-0.1, -0.05) is 62.4 Å². The van der Waals surface area contributed by atoms with E-state index in [2.05, 4.69) is 5.32 Å². The molecule has 9 nitrogen and oxygen atoms in total. The Bertz CT molecular complexity index is 893. The number of nitrogens with one attached hydrogen (secondary N) is 1. The summed E-state index contributed by atoms with van der Waals surface area (Å²) in [4.78, 5) is 53.0. The molecule has 2 rings (SSSR count). The predicted octanol–water partition coefficient (Wildman–Crippen LogP) is 3.55. The van der Waals surface area contributed by atoms with Gasteiger partial charge >= 0.3 is 12.1 Å². The van der Waals surface area contributed by atoms with E-state index in [4.69, 9.17) is 9.47 Å². The first-order valence-corrected chi connectivity index (χ1v) is 13.1. The maximum absolute atomic E-state index is 13.2. The van der Waals surface area contributed by atoms with Gasteiger partial charge < -0.3 is 19.3 Å². The second kappa shape index (κ2) is 14.7. The number of rotatable bonds is 12. The van der Waals surface area contributed by atoms with Crippen LogP contribution in [0.3, 0.4) is 0 Å². The van der Waals surface area contributed by atoms with Crippen molar-refractivity contribution in [2.75, 3.05) is 33.7 Å². The van der Waals surface area contributed by atoms with Crippen molar-refractivity contribution < 1.29 is 28.7 Å². The number of benzene rings is 1. The average molecular weight is 518 g/mol. The van der Waals surface area contributed by atoms with Crippen molar-refractivity contribution in [3.8, 4) is 0 Å². The molecule has 1 aromatic rings. The molecule has 9 heteroatoms. The summed E-state index contributed by atoms with van der Waals surface area (Å²) in [6.45, 7) is 5.08. The molecule has 1 fully saturated rings. The van der Waals surface area contributed by atoms with Crippen LogP contribution in [0.15, 0.2) is 30.3 Å². The quantitative estimate of drug-likeness (QED) is 0.423. The zero-order valence-electron chi connectivity index (χ0n) is 23.0. The normalized spacial score (nSPS) is 14.9. The van der Waals surface area contributed by atoms with Crippen molar-refractivity contribution in [1.82, 2.24) is 15.1 Å². The number of carbonyl (C=O) groups is 4. The van der Waals surface area contributed by atoms with E-state index in [0.29, 0.717) is 12.3 Å². The summed E-state index contributed by atoms with van der Waals surface area (Å²) in [7, 11) is 3.07. The maximum atomic E-state index is 13.2. The van der Waals surface area contributed by atoms with Crippen LogP contribution in [-0.4, -0.2) is 78.9 Å². The second-order valence-corrected chi connectivity index (χ2v) is 10.9. The van der Waals surface area contributed by atoms with E-state index in [9.17, 15) is 19.2 Å². The largest absolute Gasteiger partial charge is 0.459 e. The highest BCUT2D eigenvalue weighted by Crippen LogP contribution is 2.27. The maximum Gasteiger partial charge on any atom is 0.410 e. The molecule has 0 aliphatic heterocycles. The minimum Gasteiger partial charge on any atom is -0.459 e. The average Bonchev–Trinajstić information content (AvgIpc) is 2.84. The Labute approximate surface area is 220 Å². The Morgan fingerprint density at radius 2 is 1.62 bits per heavy atom. The second-order valence-electron chi connectivity index (χ2n) is 10.9. The Balaban J connectivity index is 1.90. The summed E-state index contributed by atoms with van der Waals surface area (Å²) < 4.78 is 10.6. The molecule has 0 bridgehead atoms. The molecule has 0 heterocycles. The van der Waals surface area contributed by atoms with Crippen LogP contribution < -0.4 is 5.32 Å². The predicted molar refractivity (Wildman–Crippen MR) is 141 cm³/mol. The zero-order chi connectivity index (χ0) is 27.4. The third-order valence-electron chi connectivity index (χ3n) is 6.23. The van der Waals surface area contributed by atoms with Crippen molar-refractivity contribution in [2.45, 2.75) is 77.5 Å². The Hall–Kier alpha value is -2.94. The molecular weight excluding hydrogens is 474 g/mol. The van der Waals surface area contributed by atoms with E-state index in [0.717, 1.165) is 31.2 Å². The lowest BCUT2D eigenvalue weighted by atomic mass is 9.84. The van der Waals surface area contributed by atoms with Crippen LogP contribution in [0.4, 0.5) is 4.79 Å². The van der Waals surface area contributed by atoms with Gasteiger partial charge in [0.2, 0.25) is 5.91 Å². The lowest BCUT2D eigenvalue weighted by Crippen LogP contribution is -2.50. The molecule has 37 heavy (non-hydrogen) atoms. The Morgan fingerprint density at radius 3 is 2.24 bits per heavy atom. The summed E-state index contributed by atoms with van der Waals surface area (Å²) in [6, 6.07) is 8.70. The fraction of sp³-hybridized carbons (Fsp3) is 0.643. The molecule has 0 spiro atoms. The minimum absolute atomic E-state index is 0.0697. The highest BCUT2D eigenvalue weighted by atomic mass is 16.6. The number of likely N-dealkylation sites (N-methyl/N-ethyl adjacent to an activating group) is 2. The summed E-state index contributed by atoms with van der Waals surface area (Å²) in [6.07, 6.45) is 5.56. The number of nitrogens with zero attached hydrogens (tertiary/aromatic N) is 2. The number of ketones is 1. The van der Waals surface area contributed by atoms with Crippen molar-refractivity contribution in [3.05, 3.63) is 35.9 Å². The summed E-state index contributed by atoms with van der Waals surface area (Å²) >= 11 is 0. The number of esters is 1. The van der Waals surface area contributed by atoms with Gasteiger partial charge in [-0.25, -0.2) is 4.79 Å². The number of hydrogen-bond donors (Lipinski definition) is 1. The standard InChI is InChI=1S/C28H43N3O6/c1-28(2,3)37-25(33)19-30(4)26(34)24(16-21-12-8-6-9-13-21)29-17-23(32)18-31(5)27(35)36-20-22-14-10-7-11-15-22/h7,10-11,14-15,21,24,29H,6,8-9,12-13,16-20H2,1-5H3/t24-/m0/s1. The zero-order valence-corrected chi connectivity index (χ0v) is 23.0. The van der Waals surface area contributed by atoms with Gasteiger partial charge in [-0.15, -0.1) is 0 Å². The van der Waals surface area contributed by atoms with Gasteiger partial charge in [0.15, 0.2) is 5.78 Å². The fourth-order valence-corrected chi connectivity index (χ4v) is 4.39. The molecule has 0 radical (unpaired) electrons. The van der Waals surface area contributed by atoms with Gasteiger partial charge in [0.25, 0.3) is 0 Å². The molecule has 2 amide bonds. The van der Waals surface area contributed by atoms with Crippen molar-refractivity contribution >= 4 is 23.8 Å². The van der Waals surface area contributed by atoms with Crippen LogP contribution in [0, 0.1) is 5.92 Å². The smallest absolute Gasteiger partial charge is 0.410 e. The monoisotopic (exact) mass is 517 g/mol. The number of hydrogen-bond acceptors (Lipinski definition) is 7. The van der Waals surface area contributed by atoms with Gasteiger partial charge in [0.1, 0.15) is 18.8 Å². The number of Topliss-reactive ketones (excluding diaryl/α,β-unsaturated/α-hetero) is 1. The number of amides is 2. The topological polar surface area (TPSA) is 105 Å². The van der Waals surface area contributed by atoms with E-state index in [1.807, 2.05) is 30.3 Å². The lowest BCUT2D eigenvalue weighted by Gasteiger charge is -2.30. The molecule has 0 unspecified atom stereocenters. The molecule has 1 aromatic carbocycles. The highest BCUT2D eigenvalue weighted by Gasteiger charge is 2.29. The molecule has 1 saturated carbocycles. The van der Waals surface area contributed by atoms with Crippen molar-refractivity contribution in [1.29, 1.82) is 0 Å². The molecule has 1 N–H and O–H groups in total. The Kier molecular flexibility index (Phi) is 12.0. The third-order valence-corrected chi connectivity index (χ3v) is 6.23. The first kappa shape index (κ1) is 30.3. The van der Waals surface area contributed by atoms with Gasteiger partial charge in [-0.05, 0) is 38.7 Å². The number of ether oxygens (including phenoxy) is 2. The molecular formula is C28H43N3O6. The molecule has 0 saturated heterocycles. The molecule has 0 aromatic heterocycles. The SMILES string of the molecule is CN(CC(=O)CN[C@@H](CC1CCCCC1)C(=O)N(C)CC(=O)OC(C)(C)C)C(=O)OCc1ccccc1. The van der Waals surface area contributed by atoms with E-state index in [-0.39, 0.29) is 37.9 Å². The lowest BCUT2D eigenvalue weighted by molar-refractivity contribution is -0.158. The van der Waals surface area contributed by atoms with Gasteiger partial charge in [0.05, 0.1) is 19.1 Å². The van der Waals surface area contributed by atoms with Crippen molar-refractivity contribution in [2.24, 2.45) is 5.92 Å². The Morgan fingerprint density at radius 1 is 0.973 bits per heavy atom. The van der Waals surface area contributed by atoms with Gasteiger partial charge in [-0.2, -0.15) is 0 Å². The van der Waals surface area contributed by atoms with E-state index in [1.54, 1.807) is 27.8 Å². The van der Waals surface area contributed by atoms with Crippen LogP contribution in [0.2, 0.25) is 0 Å². The molecule has 206 valence electrons. The van der Waals surface area contributed by atoms with E-state index >= 15 is 0 Å². The van der Waals surface area contributed by atoms with Crippen LogP contribution >= 0.6 is 0 Å². The van der Waals surface area contributed by atoms with Crippen LogP contribution in [0.25, 0.3) is 0 Å². The molecule has 1 aliphatic carbocycles. The van der Waals surface area contributed by atoms with Crippen LogP contribution in [0.1, 0.15) is 64.9 Å². The number of carbonyl (C=O) groups excluding carboxylic acids is 4. The third kappa shape index (κ3) is 11.8. The fourth-order valence-electron chi connectivity index (χ4n) is 4.39. The highest BCUT2D eigenvalue weighted by molar-refractivity contribution is 5.88. The summed E-state index contributed by atoms with van der Waals surface area (Å²) in [5, 5.41) is 3.10. The first-order chi connectivity index (χ1) is 17.4. The van der Waals surface area contributed by atoms with Gasteiger partial charge in [-0.3, -0.25) is 19.7 Å². The first-order valence-electron chi connectivity index (χ1n) is 13.1. The summed E-state index contributed by atoms with van der Waals surface area (Å²) in [5.74, 6) is -0.586. The van der Waals surface area contributed by atoms with E-state index in [1.165, 1.54) is 23.3 Å². The molecule has 1 aliphatic rings.